The minimum absolute atomic E-state index is 0.0521. The van der Waals surface area contributed by atoms with Crippen molar-refractivity contribution in [2.24, 2.45) is 40.4 Å². The monoisotopic (exact) mass is 500 g/mol. The molecule has 0 aromatic heterocycles. The van der Waals surface area contributed by atoms with Crippen molar-refractivity contribution in [1.29, 1.82) is 0 Å². The molecular formula is C33H56O3. The van der Waals surface area contributed by atoms with Gasteiger partial charge in [-0.15, -0.1) is 0 Å². The highest BCUT2D eigenvalue weighted by Gasteiger charge is 2.46. The second-order valence-electron chi connectivity index (χ2n) is 13.6. The minimum atomic E-state index is -0.240. The summed E-state index contributed by atoms with van der Waals surface area (Å²) in [6.07, 6.45) is 16.6. The van der Waals surface area contributed by atoms with Gasteiger partial charge < -0.3 is 9.47 Å². The maximum absolute atomic E-state index is 12.8. The Hall–Kier alpha value is -1.35. The molecule has 3 nitrogen and oxygen atoms in total. The van der Waals surface area contributed by atoms with E-state index in [0.717, 1.165) is 24.8 Å². The third kappa shape index (κ3) is 9.19. The molecule has 0 aromatic carbocycles. The summed E-state index contributed by atoms with van der Waals surface area (Å²) < 4.78 is 12.1. The van der Waals surface area contributed by atoms with Crippen LogP contribution in [0.3, 0.4) is 0 Å². The van der Waals surface area contributed by atoms with Crippen molar-refractivity contribution in [2.45, 2.75) is 127 Å². The van der Waals surface area contributed by atoms with Gasteiger partial charge in [-0.05, 0) is 66.3 Å². The van der Waals surface area contributed by atoms with E-state index in [1.54, 1.807) is 0 Å². The van der Waals surface area contributed by atoms with Crippen LogP contribution in [-0.2, 0) is 14.3 Å². The Morgan fingerprint density at radius 3 is 2.50 bits per heavy atom. The lowest BCUT2D eigenvalue weighted by molar-refractivity contribution is -0.149. The van der Waals surface area contributed by atoms with Gasteiger partial charge in [0.15, 0.2) is 0 Å². The second kappa shape index (κ2) is 12.9. The van der Waals surface area contributed by atoms with Crippen molar-refractivity contribution >= 4 is 5.97 Å². The predicted octanol–water partition coefficient (Wildman–Crippen LogP) is 8.94. The van der Waals surface area contributed by atoms with E-state index in [1.165, 1.54) is 6.42 Å². The van der Waals surface area contributed by atoms with Crippen LogP contribution >= 0.6 is 0 Å². The number of rotatable bonds is 8. The van der Waals surface area contributed by atoms with Gasteiger partial charge in [-0.2, -0.15) is 0 Å². The average molecular weight is 501 g/mol. The molecule has 0 amide bonds. The van der Waals surface area contributed by atoms with Gasteiger partial charge in [-0.25, -0.2) is 0 Å². The Kier molecular flexibility index (Phi) is 11.1. The summed E-state index contributed by atoms with van der Waals surface area (Å²) >= 11 is 0. The molecule has 2 heterocycles. The quantitative estimate of drug-likeness (QED) is 0.144. The lowest BCUT2D eigenvalue weighted by atomic mass is 9.74. The van der Waals surface area contributed by atoms with Gasteiger partial charge in [0, 0.05) is 12.3 Å². The highest BCUT2D eigenvalue weighted by atomic mass is 16.6. The van der Waals surface area contributed by atoms with Crippen LogP contribution in [0.15, 0.2) is 36.0 Å². The molecule has 1 saturated heterocycles. The highest BCUT2D eigenvalue weighted by Crippen LogP contribution is 2.41. The van der Waals surface area contributed by atoms with Crippen LogP contribution in [-0.4, -0.2) is 24.3 Å². The lowest BCUT2D eigenvalue weighted by Gasteiger charge is -2.32. The van der Waals surface area contributed by atoms with Crippen molar-refractivity contribution in [3.63, 3.8) is 0 Å². The number of carbonyl (C=O) groups excluding carboxylic acids is 1. The number of hydrogen-bond donors (Lipinski definition) is 0. The largest absolute Gasteiger partial charge is 0.457 e. The van der Waals surface area contributed by atoms with Crippen molar-refractivity contribution in [3.8, 4) is 0 Å². The first-order valence-corrected chi connectivity index (χ1v) is 14.6. The van der Waals surface area contributed by atoms with E-state index in [1.807, 2.05) is 0 Å². The van der Waals surface area contributed by atoms with Gasteiger partial charge >= 0.3 is 5.97 Å². The van der Waals surface area contributed by atoms with Crippen LogP contribution in [0.25, 0.3) is 0 Å². The smallest absolute Gasteiger partial charge is 0.306 e. The lowest BCUT2D eigenvalue weighted by Crippen LogP contribution is -2.28. The minimum Gasteiger partial charge on any atom is -0.457 e. The molecule has 2 rings (SSSR count). The molecule has 0 N–H and O–H groups in total. The van der Waals surface area contributed by atoms with E-state index >= 15 is 0 Å². The maximum Gasteiger partial charge on any atom is 0.306 e. The Balaban J connectivity index is 2.10. The summed E-state index contributed by atoms with van der Waals surface area (Å²) in [6, 6.07) is 0. The molecule has 36 heavy (non-hydrogen) atoms. The fraction of sp³-hybridized carbons (Fsp3) is 0.788. The third-order valence-corrected chi connectivity index (χ3v) is 9.23. The summed E-state index contributed by atoms with van der Waals surface area (Å²) in [5.74, 6) is 2.18. The first kappa shape index (κ1) is 30.9. The molecule has 0 aliphatic carbocycles. The Bertz CT molecular complexity index is 802. The van der Waals surface area contributed by atoms with Gasteiger partial charge in [0.1, 0.15) is 6.10 Å². The van der Waals surface area contributed by atoms with Crippen molar-refractivity contribution in [3.05, 3.63) is 36.0 Å². The Morgan fingerprint density at radius 2 is 1.86 bits per heavy atom. The fourth-order valence-corrected chi connectivity index (χ4v) is 5.36. The molecule has 2 aliphatic rings. The van der Waals surface area contributed by atoms with E-state index in [0.29, 0.717) is 42.3 Å². The number of ether oxygens (including phenoxy) is 2. The second-order valence-corrected chi connectivity index (χ2v) is 13.6. The zero-order valence-corrected chi connectivity index (χ0v) is 25.3. The summed E-state index contributed by atoms with van der Waals surface area (Å²) in [7, 11) is 0. The van der Waals surface area contributed by atoms with Crippen LogP contribution < -0.4 is 0 Å². The number of epoxide rings is 1. The molecule has 0 saturated carbocycles. The van der Waals surface area contributed by atoms with Crippen molar-refractivity contribution in [2.75, 3.05) is 0 Å². The number of esters is 1. The number of carbonyl (C=O) groups is 1. The first-order valence-electron chi connectivity index (χ1n) is 14.6. The van der Waals surface area contributed by atoms with Crippen molar-refractivity contribution < 1.29 is 14.3 Å². The van der Waals surface area contributed by atoms with Crippen LogP contribution in [0.2, 0.25) is 0 Å². The van der Waals surface area contributed by atoms with Gasteiger partial charge in [0.05, 0.1) is 12.2 Å². The number of allylic oxidation sites excluding steroid dienone is 4. The maximum atomic E-state index is 12.8. The first-order chi connectivity index (χ1) is 16.7. The highest BCUT2D eigenvalue weighted by molar-refractivity contribution is 5.70. The molecule has 0 spiro atoms. The standard InChI is InChI=1S/C33H56O3/c1-12-23(3)27(7)31-28(35-31)21-32(8,9)18-13-14-24(4)30-25(5)15-16-26(6)33(10,11)19-17-22(2)20-29(34)36-30/h13-16,18,22-23,25-28,30-31H,12,17,19-21H2,1-11H3/b16-15+,18-13+,24-14+. The summed E-state index contributed by atoms with van der Waals surface area (Å²) in [5.41, 5.74) is 1.37. The van der Waals surface area contributed by atoms with Crippen molar-refractivity contribution in [1.82, 2.24) is 0 Å². The summed E-state index contributed by atoms with van der Waals surface area (Å²) in [5, 5.41) is 0. The van der Waals surface area contributed by atoms with E-state index in [9.17, 15) is 4.79 Å². The predicted molar refractivity (Wildman–Crippen MR) is 153 cm³/mol. The van der Waals surface area contributed by atoms with Crippen LogP contribution in [0.4, 0.5) is 0 Å². The third-order valence-electron chi connectivity index (χ3n) is 9.23. The molecule has 3 heteroatoms. The van der Waals surface area contributed by atoms with Crippen LogP contribution in [0.5, 0.6) is 0 Å². The molecule has 1 fully saturated rings. The van der Waals surface area contributed by atoms with Gasteiger partial charge in [-0.3, -0.25) is 4.79 Å². The summed E-state index contributed by atoms with van der Waals surface area (Å²) in [6.45, 7) is 24.9. The molecule has 0 aromatic rings. The molecule has 8 unspecified atom stereocenters. The normalized spacial score (nSPS) is 34.9. The fourth-order valence-electron chi connectivity index (χ4n) is 5.36. The Morgan fingerprint density at radius 1 is 1.19 bits per heavy atom. The number of hydrogen-bond acceptors (Lipinski definition) is 3. The van der Waals surface area contributed by atoms with Crippen LogP contribution in [0.1, 0.15) is 108 Å². The zero-order chi connectivity index (χ0) is 27.3. The van der Waals surface area contributed by atoms with E-state index in [4.69, 9.17) is 9.47 Å². The number of cyclic esters (lactones) is 1. The van der Waals surface area contributed by atoms with E-state index < -0.39 is 0 Å². The molecule has 0 bridgehead atoms. The van der Waals surface area contributed by atoms with E-state index in [-0.39, 0.29) is 28.8 Å². The Labute approximate surface area is 223 Å². The van der Waals surface area contributed by atoms with Gasteiger partial charge in [0.25, 0.3) is 0 Å². The SMILES string of the molecule is CCC(C)C(C)C1OC1CC(C)(C)/C=C/C=C(\C)C1OC(=O)CC(C)CCC(C)(C)C(C)/C=C/C1C. The topological polar surface area (TPSA) is 38.8 Å². The summed E-state index contributed by atoms with van der Waals surface area (Å²) in [4.78, 5) is 12.8. The molecule has 206 valence electrons. The molecular weight excluding hydrogens is 444 g/mol. The molecule has 8 atom stereocenters. The van der Waals surface area contributed by atoms with Gasteiger partial charge in [0.2, 0.25) is 0 Å². The average Bonchev–Trinajstić information content (AvgIpc) is 3.55. The van der Waals surface area contributed by atoms with Gasteiger partial charge in [-0.1, -0.05) is 106 Å². The van der Waals surface area contributed by atoms with Crippen LogP contribution in [0, 0.1) is 40.4 Å². The molecule has 2 aliphatic heterocycles. The zero-order valence-electron chi connectivity index (χ0n) is 25.3. The molecule has 0 radical (unpaired) electrons. The van der Waals surface area contributed by atoms with E-state index in [2.05, 4.69) is 107 Å².